The Kier molecular flexibility index (Phi) is 6.23. The molecule has 0 aliphatic heterocycles. The Morgan fingerprint density at radius 2 is 1.59 bits per heavy atom. The monoisotopic (exact) mass is 396 g/mol. The molecule has 0 bridgehead atoms. The first kappa shape index (κ1) is 20.9. The lowest BCUT2D eigenvalue weighted by Crippen LogP contribution is -2.40. The maximum absolute atomic E-state index is 12.1. The number of carbonyl (C=O) groups excluding carboxylic acids is 2. The van der Waals surface area contributed by atoms with Crippen LogP contribution in [0.25, 0.3) is 11.1 Å². The average molecular weight is 396 g/mol. The van der Waals surface area contributed by atoms with E-state index in [-0.39, 0.29) is 25.5 Å². The van der Waals surface area contributed by atoms with Crippen LogP contribution in [0.15, 0.2) is 48.5 Å². The molecular formula is C23H28N2O4. The lowest BCUT2D eigenvalue weighted by molar-refractivity contribution is -0.156. The molecule has 0 heterocycles. The van der Waals surface area contributed by atoms with Crippen LogP contribution < -0.4 is 11.1 Å². The van der Waals surface area contributed by atoms with Crippen LogP contribution in [0, 0.1) is 0 Å². The highest BCUT2D eigenvalue weighted by molar-refractivity contribution is 5.79. The molecule has 3 N–H and O–H groups in total. The minimum Gasteiger partial charge on any atom is -0.459 e. The summed E-state index contributed by atoms with van der Waals surface area (Å²) in [5.74, 6) is -0.469. The van der Waals surface area contributed by atoms with Gasteiger partial charge in [-0.25, -0.2) is 4.79 Å². The molecule has 0 saturated carbocycles. The van der Waals surface area contributed by atoms with E-state index >= 15 is 0 Å². The van der Waals surface area contributed by atoms with E-state index in [0.29, 0.717) is 0 Å². The van der Waals surface area contributed by atoms with Gasteiger partial charge in [0.2, 0.25) is 0 Å². The maximum Gasteiger partial charge on any atom is 0.407 e. The van der Waals surface area contributed by atoms with Crippen LogP contribution in [-0.2, 0) is 14.3 Å². The number of hydrogen-bond donors (Lipinski definition) is 2. The molecule has 0 spiro atoms. The summed E-state index contributed by atoms with van der Waals surface area (Å²) in [5, 5.41) is 2.65. The van der Waals surface area contributed by atoms with Gasteiger partial charge in [-0.15, -0.1) is 0 Å². The number of amides is 1. The fourth-order valence-corrected chi connectivity index (χ4v) is 3.47. The van der Waals surface area contributed by atoms with Crippen molar-refractivity contribution in [3.05, 3.63) is 59.7 Å². The molecule has 29 heavy (non-hydrogen) atoms. The van der Waals surface area contributed by atoms with Gasteiger partial charge in [-0.1, -0.05) is 48.5 Å². The molecule has 2 aromatic carbocycles. The van der Waals surface area contributed by atoms with Gasteiger partial charge in [0.15, 0.2) is 0 Å². The second-order valence-corrected chi connectivity index (χ2v) is 8.18. The summed E-state index contributed by atoms with van der Waals surface area (Å²) in [6, 6.07) is 15.5. The smallest absolute Gasteiger partial charge is 0.407 e. The van der Waals surface area contributed by atoms with Gasteiger partial charge in [0.05, 0.1) is 0 Å². The standard InChI is InChI=1S/C23H28N2O4/c1-23(2,3)29-21(26)20(24)12-13-25-22(27)28-14-19-17-10-6-4-8-15(17)16-9-5-7-11-18(16)19/h4-11,19-20H,12-14,24H2,1-3H3,(H,25,27). The normalized spacial score (nSPS) is 13.9. The Morgan fingerprint density at radius 1 is 1.03 bits per heavy atom. The fraction of sp³-hybridized carbons (Fsp3) is 0.391. The van der Waals surface area contributed by atoms with E-state index in [9.17, 15) is 9.59 Å². The Balaban J connectivity index is 1.50. The second-order valence-electron chi connectivity index (χ2n) is 8.18. The quantitative estimate of drug-likeness (QED) is 0.728. The highest BCUT2D eigenvalue weighted by Crippen LogP contribution is 2.44. The third-order valence-electron chi connectivity index (χ3n) is 4.78. The molecule has 1 aliphatic rings. The van der Waals surface area contributed by atoms with Gasteiger partial charge in [0.25, 0.3) is 0 Å². The maximum atomic E-state index is 12.1. The number of fused-ring (bicyclic) bond motifs is 3. The van der Waals surface area contributed by atoms with Crippen molar-refractivity contribution in [2.24, 2.45) is 5.73 Å². The highest BCUT2D eigenvalue weighted by Gasteiger charge is 2.29. The van der Waals surface area contributed by atoms with Gasteiger partial charge < -0.3 is 20.5 Å². The largest absolute Gasteiger partial charge is 0.459 e. The lowest BCUT2D eigenvalue weighted by Gasteiger charge is -2.22. The van der Waals surface area contributed by atoms with E-state index in [1.807, 2.05) is 24.3 Å². The zero-order chi connectivity index (χ0) is 21.0. The number of alkyl carbamates (subject to hydrolysis) is 1. The molecule has 0 fully saturated rings. The summed E-state index contributed by atoms with van der Waals surface area (Å²) in [7, 11) is 0. The zero-order valence-electron chi connectivity index (χ0n) is 17.1. The minimum absolute atomic E-state index is 0.0113. The molecule has 1 amide bonds. The molecule has 0 saturated heterocycles. The summed E-state index contributed by atoms with van der Waals surface area (Å²) < 4.78 is 10.7. The van der Waals surface area contributed by atoms with Crippen LogP contribution in [0.4, 0.5) is 4.79 Å². The average Bonchev–Trinajstić information content (AvgIpc) is 2.99. The molecule has 154 valence electrons. The zero-order valence-corrected chi connectivity index (χ0v) is 17.1. The molecule has 0 radical (unpaired) electrons. The Labute approximate surface area is 171 Å². The lowest BCUT2D eigenvalue weighted by atomic mass is 9.98. The number of nitrogens with two attached hydrogens (primary N) is 1. The highest BCUT2D eigenvalue weighted by atomic mass is 16.6. The van der Waals surface area contributed by atoms with Crippen LogP contribution in [-0.4, -0.2) is 36.9 Å². The van der Waals surface area contributed by atoms with Gasteiger partial charge in [0.1, 0.15) is 18.2 Å². The van der Waals surface area contributed by atoms with Crippen molar-refractivity contribution < 1.29 is 19.1 Å². The number of ether oxygens (including phenoxy) is 2. The molecular weight excluding hydrogens is 368 g/mol. The summed E-state index contributed by atoms with van der Waals surface area (Å²) in [5.41, 5.74) is 9.92. The van der Waals surface area contributed by atoms with E-state index in [1.54, 1.807) is 20.8 Å². The van der Waals surface area contributed by atoms with E-state index in [4.69, 9.17) is 15.2 Å². The van der Waals surface area contributed by atoms with Crippen molar-refractivity contribution in [2.45, 2.75) is 44.8 Å². The van der Waals surface area contributed by atoms with E-state index in [0.717, 1.165) is 11.1 Å². The number of esters is 1. The molecule has 1 atom stereocenters. The second kappa shape index (κ2) is 8.66. The van der Waals surface area contributed by atoms with Crippen molar-refractivity contribution in [3.63, 3.8) is 0 Å². The van der Waals surface area contributed by atoms with Gasteiger partial charge >= 0.3 is 12.1 Å². The third-order valence-corrected chi connectivity index (χ3v) is 4.78. The molecule has 2 aromatic rings. The van der Waals surface area contributed by atoms with Crippen molar-refractivity contribution >= 4 is 12.1 Å². The van der Waals surface area contributed by atoms with Crippen molar-refractivity contribution in [2.75, 3.05) is 13.2 Å². The number of hydrogen-bond acceptors (Lipinski definition) is 5. The van der Waals surface area contributed by atoms with Gasteiger partial charge in [-0.2, -0.15) is 0 Å². The Hall–Kier alpha value is -2.86. The fourth-order valence-electron chi connectivity index (χ4n) is 3.47. The first-order chi connectivity index (χ1) is 13.8. The Bertz CT molecular complexity index is 843. The first-order valence-electron chi connectivity index (χ1n) is 9.83. The topological polar surface area (TPSA) is 90.6 Å². The first-order valence-corrected chi connectivity index (χ1v) is 9.83. The summed E-state index contributed by atoms with van der Waals surface area (Å²) in [6.07, 6.45) is -0.248. The van der Waals surface area contributed by atoms with E-state index < -0.39 is 23.7 Å². The third kappa shape index (κ3) is 5.15. The van der Waals surface area contributed by atoms with E-state index in [1.165, 1.54) is 11.1 Å². The van der Waals surface area contributed by atoms with Crippen molar-refractivity contribution in [1.82, 2.24) is 5.32 Å². The van der Waals surface area contributed by atoms with Gasteiger partial charge in [-0.3, -0.25) is 4.79 Å². The van der Waals surface area contributed by atoms with Crippen LogP contribution >= 0.6 is 0 Å². The van der Waals surface area contributed by atoms with Crippen molar-refractivity contribution in [1.29, 1.82) is 0 Å². The predicted molar refractivity (Wildman–Crippen MR) is 112 cm³/mol. The van der Waals surface area contributed by atoms with Gasteiger partial charge in [0, 0.05) is 12.5 Å². The Morgan fingerprint density at radius 3 is 2.14 bits per heavy atom. The SMILES string of the molecule is CC(C)(C)OC(=O)C(N)CCNC(=O)OCC1c2ccccc2-c2ccccc21. The van der Waals surface area contributed by atoms with Crippen LogP contribution in [0.2, 0.25) is 0 Å². The van der Waals surface area contributed by atoms with E-state index in [2.05, 4.69) is 29.6 Å². The molecule has 6 nitrogen and oxygen atoms in total. The molecule has 3 rings (SSSR count). The number of benzene rings is 2. The molecule has 0 aromatic heterocycles. The molecule has 6 heteroatoms. The minimum atomic E-state index is -0.789. The van der Waals surface area contributed by atoms with Gasteiger partial charge in [-0.05, 0) is 49.4 Å². The number of carbonyl (C=O) groups is 2. The summed E-state index contributed by atoms with van der Waals surface area (Å²) in [4.78, 5) is 24.0. The van der Waals surface area contributed by atoms with Crippen LogP contribution in [0.5, 0.6) is 0 Å². The predicted octanol–water partition coefficient (Wildman–Crippen LogP) is 3.58. The molecule has 1 unspecified atom stereocenters. The van der Waals surface area contributed by atoms with Crippen molar-refractivity contribution in [3.8, 4) is 11.1 Å². The van der Waals surface area contributed by atoms with Crippen LogP contribution in [0.1, 0.15) is 44.2 Å². The summed E-state index contributed by atoms with van der Waals surface area (Å²) in [6.45, 7) is 5.83. The number of rotatable bonds is 6. The van der Waals surface area contributed by atoms with Crippen LogP contribution in [0.3, 0.4) is 0 Å². The number of nitrogens with one attached hydrogen (secondary N) is 1. The summed E-state index contributed by atoms with van der Waals surface area (Å²) >= 11 is 0. The molecule has 1 aliphatic carbocycles.